The fraction of sp³-hybridized carbons (Fsp3) is 0.731. The van der Waals surface area contributed by atoms with Gasteiger partial charge in [0.15, 0.2) is 0 Å². The van der Waals surface area contributed by atoms with Crippen molar-refractivity contribution in [2.75, 3.05) is 50.8 Å². The van der Waals surface area contributed by atoms with E-state index in [4.69, 9.17) is 4.74 Å². The van der Waals surface area contributed by atoms with Crippen LogP contribution in [0.5, 0.6) is 0 Å². The molecule has 0 aliphatic carbocycles. The molecular weight excluding hydrogens is 414 g/mol. The Balaban J connectivity index is 1.86. The lowest BCUT2D eigenvalue weighted by molar-refractivity contribution is -0.130. The molecule has 0 bridgehead atoms. The van der Waals surface area contributed by atoms with Crippen LogP contribution in [0.15, 0.2) is 18.2 Å². The molecule has 1 aromatic heterocycles. The molecule has 182 valence electrons. The Bertz CT molecular complexity index is 841. The van der Waals surface area contributed by atoms with E-state index in [1.54, 1.807) is 6.07 Å². The number of carbonyl (C=O) groups excluding carboxylic acids is 1. The zero-order valence-electron chi connectivity index (χ0n) is 21.1. The van der Waals surface area contributed by atoms with Gasteiger partial charge in [0.25, 0.3) is 0 Å². The van der Waals surface area contributed by atoms with Crippen LogP contribution in [0, 0.1) is 17.2 Å². The van der Waals surface area contributed by atoms with E-state index < -0.39 is 0 Å². The van der Waals surface area contributed by atoms with Crippen molar-refractivity contribution in [3.8, 4) is 6.07 Å². The highest BCUT2D eigenvalue weighted by molar-refractivity contribution is 5.92. The number of pyridine rings is 1. The molecule has 33 heavy (non-hydrogen) atoms. The SMILES string of the molecule is CCC(=O)N(CC1(N2CCN(CCC(C)C)CC2)CCOC(C)(C)C1)c1cccc(C#N)n1. The number of hydrogen-bond donors (Lipinski definition) is 0. The van der Waals surface area contributed by atoms with Gasteiger partial charge in [-0.3, -0.25) is 14.6 Å². The zero-order chi connectivity index (χ0) is 24.1. The van der Waals surface area contributed by atoms with Crippen molar-refractivity contribution in [1.29, 1.82) is 5.26 Å². The molecule has 7 nitrogen and oxygen atoms in total. The molecule has 0 spiro atoms. The summed E-state index contributed by atoms with van der Waals surface area (Å²) in [5.74, 6) is 1.33. The van der Waals surface area contributed by atoms with Crippen LogP contribution < -0.4 is 4.90 Å². The predicted molar refractivity (Wildman–Crippen MR) is 131 cm³/mol. The number of hydrogen-bond acceptors (Lipinski definition) is 6. The van der Waals surface area contributed by atoms with Gasteiger partial charge in [0, 0.05) is 51.3 Å². The number of anilines is 1. The predicted octanol–water partition coefficient (Wildman–Crippen LogP) is 3.69. The highest BCUT2D eigenvalue weighted by Crippen LogP contribution is 2.38. The number of piperazine rings is 1. The number of nitrogens with zero attached hydrogens (tertiary/aromatic N) is 5. The molecule has 0 aromatic carbocycles. The maximum atomic E-state index is 13.1. The summed E-state index contributed by atoms with van der Waals surface area (Å²) in [5, 5.41) is 9.34. The van der Waals surface area contributed by atoms with Crippen molar-refractivity contribution >= 4 is 11.7 Å². The summed E-state index contributed by atoms with van der Waals surface area (Å²) in [7, 11) is 0. The van der Waals surface area contributed by atoms with Gasteiger partial charge in [0.05, 0.1) is 5.60 Å². The molecule has 3 rings (SSSR count). The summed E-state index contributed by atoms with van der Waals surface area (Å²) >= 11 is 0. The normalized spacial score (nSPS) is 23.9. The van der Waals surface area contributed by atoms with Gasteiger partial charge in [0.2, 0.25) is 5.91 Å². The molecule has 3 heterocycles. The van der Waals surface area contributed by atoms with Crippen molar-refractivity contribution < 1.29 is 9.53 Å². The first-order chi connectivity index (χ1) is 15.7. The molecule has 2 fully saturated rings. The summed E-state index contributed by atoms with van der Waals surface area (Å²) < 4.78 is 6.11. The number of aromatic nitrogens is 1. The van der Waals surface area contributed by atoms with Crippen LogP contribution in [-0.4, -0.2) is 77.7 Å². The fourth-order valence-corrected chi connectivity index (χ4v) is 5.26. The molecule has 2 aliphatic heterocycles. The molecule has 7 heteroatoms. The quantitative estimate of drug-likeness (QED) is 0.595. The maximum Gasteiger partial charge on any atom is 0.227 e. The standard InChI is InChI=1S/C26H41N5O2/c1-6-24(32)31(23-9-7-8-22(18-27)28-23)20-26(11-17-33-25(4,5)19-26)30-15-13-29(14-16-30)12-10-21(2)3/h7-9,21H,6,10-17,19-20H2,1-5H3. The Hall–Kier alpha value is -2.01. The molecule has 0 saturated carbocycles. The number of amides is 1. The van der Waals surface area contributed by atoms with Gasteiger partial charge < -0.3 is 9.64 Å². The van der Waals surface area contributed by atoms with E-state index >= 15 is 0 Å². The van der Waals surface area contributed by atoms with Crippen LogP contribution >= 0.6 is 0 Å². The van der Waals surface area contributed by atoms with Gasteiger partial charge in [-0.2, -0.15) is 5.26 Å². The molecule has 2 aliphatic rings. The minimum absolute atomic E-state index is 0.0387. The Morgan fingerprint density at radius 3 is 2.61 bits per heavy atom. The molecule has 1 unspecified atom stereocenters. The second-order valence-corrected chi connectivity index (χ2v) is 10.6. The van der Waals surface area contributed by atoms with Crippen molar-refractivity contribution in [3.63, 3.8) is 0 Å². The lowest BCUT2D eigenvalue weighted by atomic mass is 9.78. The monoisotopic (exact) mass is 455 g/mol. The maximum absolute atomic E-state index is 13.1. The fourth-order valence-electron chi connectivity index (χ4n) is 5.26. The summed E-state index contributed by atoms with van der Waals surface area (Å²) in [4.78, 5) is 24.6. The minimum atomic E-state index is -0.254. The Morgan fingerprint density at radius 2 is 2.00 bits per heavy atom. The second kappa shape index (κ2) is 10.9. The van der Waals surface area contributed by atoms with Gasteiger partial charge >= 0.3 is 0 Å². The first kappa shape index (κ1) is 25.6. The molecule has 1 atom stereocenters. The van der Waals surface area contributed by atoms with Crippen LogP contribution in [0.25, 0.3) is 0 Å². The van der Waals surface area contributed by atoms with Gasteiger partial charge in [0.1, 0.15) is 17.6 Å². The largest absolute Gasteiger partial charge is 0.375 e. The second-order valence-electron chi connectivity index (χ2n) is 10.6. The molecule has 1 aromatic rings. The van der Waals surface area contributed by atoms with E-state index in [9.17, 15) is 10.1 Å². The van der Waals surface area contributed by atoms with E-state index in [1.807, 2.05) is 24.0 Å². The van der Waals surface area contributed by atoms with Crippen LogP contribution in [0.4, 0.5) is 5.82 Å². The topological polar surface area (TPSA) is 72.7 Å². The Morgan fingerprint density at radius 1 is 1.27 bits per heavy atom. The molecule has 2 saturated heterocycles. The van der Waals surface area contributed by atoms with Crippen LogP contribution in [0.2, 0.25) is 0 Å². The Labute approximate surface area is 199 Å². The Kier molecular flexibility index (Phi) is 8.49. The van der Waals surface area contributed by atoms with Gasteiger partial charge in [-0.05, 0) is 57.7 Å². The van der Waals surface area contributed by atoms with E-state index in [-0.39, 0.29) is 17.0 Å². The number of nitriles is 1. The third-order valence-corrected chi connectivity index (χ3v) is 7.06. The summed E-state index contributed by atoms with van der Waals surface area (Å²) in [6, 6.07) is 7.44. The van der Waals surface area contributed by atoms with E-state index in [2.05, 4.69) is 48.5 Å². The van der Waals surface area contributed by atoms with Crippen molar-refractivity contribution in [2.45, 2.75) is 71.4 Å². The average Bonchev–Trinajstić information content (AvgIpc) is 2.80. The lowest BCUT2D eigenvalue weighted by Crippen LogP contribution is -2.66. The molecular formula is C26H41N5O2. The summed E-state index contributed by atoms with van der Waals surface area (Å²) in [6.45, 7) is 17.3. The average molecular weight is 456 g/mol. The highest BCUT2D eigenvalue weighted by atomic mass is 16.5. The molecule has 0 N–H and O–H groups in total. The summed E-state index contributed by atoms with van der Waals surface area (Å²) in [5.41, 5.74) is -0.0988. The summed E-state index contributed by atoms with van der Waals surface area (Å²) in [6.07, 6.45) is 3.37. The number of ether oxygens (including phenoxy) is 1. The smallest absolute Gasteiger partial charge is 0.227 e. The third kappa shape index (κ3) is 6.53. The van der Waals surface area contributed by atoms with Crippen molar-refractivity contribution in [2.24, 2.45) is 5.92 Å². The van der Waals surface area contributed by atoms with Crippen LogP contribution in [0.1, 0.15) is 66.0 Å². The van der Waals surface area contributed by atoms with Gasteiger partial charge in [-0.25, -0.2) is 4.98 Å². The molecule has 1 amide bonds. The minimum Gasteiger partial charge on any atom is -0.375 e. The molecule has 0 radical (unpaired) electrons. The number of rotatable bonds is 8. The van der Waals surface area contributed by atoms with Crippen LogP contribution in [0.3, 0.4) is 0 Å². The lowest BCUT2D eigenvalue weighted by Gasteiger charge is -2.54. The van der Waals surface area contributed by atoms with Crippen molar-refractivity contribution in [1.82, 2.24) is 14.8 Å². The van der Waals surface area contributed by atoms with Crippen LogP contribution in [-0.2, 0) is 9.53 Å². The zero-order valence-corrected chi connectivity index (χ0v) is 21.1. The third-order valence-electron chi connectivity index (χ3n) is 7.06. The first-order valence-electron chi connectivity index (χ1n) is 12.5. The number of carbonyl (C=O) groups is 1. The van der Waals surface area contributed by atoms with Gasteiger partial charge in [-0.1, -0.05) is 26.8 Å². The van der Waals surface area contributed by atoms with E-state index in [1.165, 1.54) is 6.42 Å². The van der Waals surface area contributed by atoms with Crippen molar-refractivity contribution in [3.05, 3.63) is 23.9 Å². The van der Waals surface area contributed by atoms with E-state index in [0.717, 1.165) is 51.5 Å². The highest BCUT2D eigenvalue weighted by Gasteiger charge is 2.47. The van der Waals surface area contributed by atoms with Gasteiger partial charge in [-0.15, -0.1) is 0 Å². The van der Waals surface area contributed by atoms with E-state index in [0.29, 0.717) is 31.1 Å². The first-order valence-corrected chi connectivity index (χ1v) is 12.5.